The van der Waals surface area contributed by atoms with Crippen molar-refractivity contribution in [3.05, 3.63) is 66.2 Å². The molecule has 0 radical (unpaired) electrons. The van der Waals surface area contributed by atoms with E-state index in [0.717, 1.165) is 53.3 Å². The summed E-state index contributed by atoms with van der Waals surface area (Å²) < 4.78 is 8.10. The van der Waals surface area contributed by atoms with Crippen molar-refractivity contribution in [1.82, 2.24) is 24.7 Å². The third kappa shape index (κ3) is 3.64. The zero-order valence-electron chi connectivity index (χ0n) is 17.2. The van der Waals surface area contributed by atoms with Gasteiger partial charge < -0.3 is 9.64 Å². The van der Waals surface area contributed by atoms with Crippen molar-refractivity contribution >= 4 is 16.7 Å². The maximum Gasteiger partial charge on any atom is 0.162 e. The second kappa shape index (κ2) is 7.84. The van der Waals surface area contributed by atoms with Gasteiger partial charge in [0.1, 0.15) is 5.82 Å². The number of aromatic nitrogens is 5. The molecule has 152 valence electrons. The van der Waals surface area contributed by atoms with Crippen molar-refractivity contribution in [2.24, 2.45) is 0 Å². The Bertz CT molecular complexity index is 1170. The molecule has 30 heavy (non-hydrogen) atoms. The Hall–Kier alpha value is -3.32. The lowest BCUT2D eigenvalue weighted by Crippen LogP contribution is -2.45. The van der Waals surface area contributed by atoms with E-state index in [2.05, 4.69) is 34.0 Å². The zero-order chi connectivity index (χ0) is 20.5. The Kier molecular flexibility index (Phi) is 4.88. The van der Waals surface area contributed by atoms with E-state index in [1.54, 1.807) is 12.4 Å². The summed E-state index contributed by atoms with van der Waals surface area (Å²) in [6.45, 7) is 7.05. The van der Waals surface area contributed by atoms with Gasteiger partial charge in [-0.15, -0.1) is 0 Å². The van der Waals surface area contributed by atoms with E-state index in [1.807, 2.05) is 41.9 Å². The number of anilines is 1. The number of hydrogen-bond acceptors (Lipinski definition) is 6. The van der Waals surface area contributed by atoms with Crippen molar-refractivity contribution in [2.45, 2.75) is 26.5 Å². The first-order valence-electron chi connectivity index (χ1n) is 10.2. The van der Waals surface area contributed by atoms with E-state index >= 15 is 0 Å². The molecule has 0 aliphatic carbocycles. The van der Waals surface area contributed by atoms with Crippen molar-refractivity contribution < 1.29 is 4.74 Å². The Labute approximate surface area is 175 Å². The minimum absolute atomic E-state index is 0.0508. The number of rotatable bonds is 4. The largest absolute Gasteiger partial charge is 0.373 e. The number of nitrogens with zero attached hydrogens (tertiary/aromatic N) is 6. The fourth-order valence-electron chi connectivity index (χ4n) is 4.01. The molecule has 0 N–H and O–H groups in total. The first kappa shape index (κ1) is 18.7. The molecule has 1 aromatic carbocycles. The molecule has 4 heterocycles. The normalized spacial score (nSPS) is 16.9. The highest BCUT2D eigenvalue weighted by Crippen LogP contribution is 2.28. The number of morpholine rings is 1. The first-order valence-corrected chi connectivity index (χ1v) is 10.2. The minimum atomic E-state index is 0.0508. The fourth-order valence-corrected chi connectivity index (χ4v) is 4.01. The molecule has 1 atom stereocenters. The Balaban J connectivity index is 1.49. The molecule has 1 aliphatic heterocycles. The molecule has 1 fully saturated rings. The summed E-state index contributed by atoms with van der Waals surface area (Å²) in [4.78, 5) is 16.2. The van der Waals surface area contributed by atoms with E-state index in [-0.39, 0.29) is 6.10 Å². The molecule has 0 bridgehead atoms. The number of pyridine rings is 1. The highest BCUT2D eigenvalue weighted by molar-refractivity contribution is 5.91. The predicted octanol–water partition coefficient (Wildman–Crippen LogP) is 3.41. The van der Waals surface area contributed by atoms with E-state index < -0.39 is 0 Å². The fraction of sp³-hybridized carbons (Fsp3) is 0.304. The standard InChI is InChI=1S/C23H24N6O/c1-16-13-17(2)29(27-16)15-19-14-28(11-12-30-19)23-20-5-3-4-6-21(20)25-22(26-23)18-7-9-24-10-8-18/h3-10,13,19H,11-12,14-15H2,1-2H3. The summed E-state index contributed by atoms with van der Waals surface area (Å²) in [6.07, 6.45) is 3.59. The highest BCUT2D eigenvalue weighted by Gasteiger charge is 2.25. The zero-order valence-corrected chi connectivity index (χ0v) is 17.2. The van der Waals surface area contributed by atoms with Gasteiger partial charge in [-0.3, -0.25) is 9.67 Å². The van der Waals surface area contributed by atoms with Crippen LogP contribution in [0.1, 0.15) is 11.4 Å². The number of para-hydroxylation sites is 1. The molecule has 5 rings (SSSR count). The van der Waals surface area contributed by atoms with Gasteiger partial charge in [0.05, 0.1) is 30.5 Å². The monoisotopic (exact) mass is 400 g/mol. The van der Waals surface area contributed by atoms with E-state index in [4.69, 9.17) is 14.7 Å². The van der Waals surface area contributed by atoms with Crippen LogP contribution in [0.2, 0.25) is 0 Å². The smallest absolute Gasteiger partial charge is 0.162 e. The summed E-state index contributed by atoms with van der Waals surface area (Å²) >= 11 is 0. The van der Waals surface area contributed by atoms with Crippen LogP contribution in [0.5, 0.6) is 0 Å². The maximum atomic E-state index is 6.07. The topological polar surface area (TPSA) is 69.0 Å². The third-order valence-electron chi connectivity index (χ3n) is 5.44. The van der Waals surface area contributed by atoms with E-state index in [0.29, 0.717) is 12.4 Å². The molecule has 0 saturated carbocycles. The SMILES string of the molecule is Cc1cc(C)n(CC2CN(c3nc(-c4ccncc4)nc4ccccc34)CCO2)n1. The van der Waals surface area contributed by atoms with Crippen LogP contribution >= 0.6 is 0 Å². The van der Waals surface area contributed by atoms with Crippen LogP contribution in [0.25, 0.3) is 22.3 Å². The lowest BCUT2D eigenvalue weighted by Gasteiger charge is -2.34. The van der Waals surface area contributed by atoms with Crippen LogP contribution in [0.4, 0.5) is 5.82 Å². The van der Waals surface area contributed by atoms with Crippen molar-refractivity contribution in [3.8, 4) is 11.4 Å². The molecule has 7 nitrogen and oxygen atoms in total. The highest BCUT2D eigenvalue weighted by atomic mass is 16.5. The summed E-state index contributed by atoms with van der Waals surface area (Å²) in [5.74, 6) is 1.67. The summed E-state index contributed by atoms with van der Waals surface area (Å²) in [7, 11) is 0. The van der Waals surface area contributed by atoms with Crippen LogP contribution in [-0.4, -0.2) is 50.5 Å². The van der Waals surface area contributed by atoms with E-state index in [9.17, 15) is 0 Å². The molecule has 1 unspecified atom stereocenters. The van der Waals surface area contributed by atoms with Crippen LogP contribution in [0.3, 0.4) is 0 Å². The summed E-state index contributed by atoms with van der Waals surface area (Å²) in [5, 5.41) is 5.65. The average Bonchev–Trinajstić information content (AvgIpc) is 3.10. The van der Waals surface area contributed by atoms with Gasteiger partial charge in [-0.1, -0.05) is 12.1 Å². The predicted molar refractivity (Wildman–Crippen MR) is 116 cm³/mol. The van der Waals surface area contributed by atoms with Crippen molar-refractivity contribution in [2.75, 3.05) is 24.6 Å². The van der Waals surface area contributed by atoms with Crippen LogP contribution in [0, 0.1) is 13.8 Å². The Morgan fingerprint density at radius 2 is 1.90 bits per heavy atom. The molecule has 0 amide bonds. The Morgan fingerprint density at radius 1 is 1.07 bits per heavy atom. The van der Waals surface area contributed by atoms with Gasteiger partial charge in [0, 0.05) is 42.1 Å². The Morgan fingerprint density at radius 3 is 2.70 bits per heavy atom. The van der Waals surface area contributed by atoms with Gasteiger partial charge in [-0.05, 0) is 44.2 Å². The van der Waals surface area contributed by atoms with Crippen LogP contribution < -0.4 is 4.90 Å². The number of aryl methyl sites for hydroxylation is 2. The lowest BCUT2D eigenvalue weighted by atomic mass is 10.1. The molecule has 1 aliphatic rings. The number of hydrogen-bond donors (Lipinski definition) is 0. The van der Waals surface area contributed by atoms with Crippen LogP contribution in [-0.2, 0) is 11.3 Å². The van der Waals surface area contributed by atoms with E-state index in [1.165, 1.54) is 0 Å². The second-order valence-corrected chi connectivity index (χ2v) is 7.67. The molecule has 1 saturated heterocycles. The number of ether oxygens (including phenoxy) is 1. The lowest BCUT2D eigenvalue weighted by molar-refractivity contribution is 0.0268. The van der Waals surface area contributed by atoms with Crippen molar-refractivity contribution in [3.63, 3.8) is 0 Å². The van der Waals surface area contributed by atoms with Gasteiger partial charge in [-0.2, -0.15) is 5.10 Å². The first-order chi connectivity index (χ1) is 14.7. The maximum absolute atomic E-state index is 6.07. The number of benzene rings is 1. The quantitative estimate of drug-likeness (QED) is 0.523. The molecule has 4 aromatic rings. The van der Waals surface area contributed by atoms with Crippen LogP contribution in [0.15, 0.2) is 54.9 Å². The minimum Gasteiger partial charge on any atom is -0.373 e. The van der Waals surface area contributed by atoms with Gasteiger partial charge in [-0.25, -0.2) is 9.97 Å². The molecule has 3 aromatic heterocycles. The molecular formula is C23H24N6O. The van der Waals surface area contributed by atoms with Gasteiger partial charge in [0.15, 0.2) is 5.82 Å². The molecular weight excluding hydrogens is 376 g/mol. The molecule has 7 heteroatoms. The summed E-state index contributed by atoms with van der Waals surface area (Å²) in [5.41, 5.74) is 4.09. The molecule has 0 spiro atoms. The third-order valence-corrected chi connectivity index (χ3v) is 5.44. The average molecular weight is 400 g/mol. The summed E-state index contributed by atoms with van der Waals surface area (Å²) in [6, 6.07) is 14.2. The van der Waals surface area contributed by atoms with Gasteiger partial charge >= 0.3 is 0 Å². The van der Waals surface area contributed by atoms with Gasteiger partial charge in [0.25, 0.3) is 0 Å². The second-order valence-electron chi connectivity index (χ2n) is 7.67. The number of fused-ring (bicyclic) bond motifs is 1. The van der Waals surface area contributed by atoms with Crippen molar-refractivity contribution in [1.29, 1.82) is 0 Å². The van der Waals surface area contributed by atoms with Gasteiger partial charge in [0.2, 0.25) is 0 Å².